The van der Waals surface area contributed by atoms with Gasteiger partial charge < -0.3 is 4.98 Å². The van der Waals surface area contributed by atoms with Crippen LogP contribution in [0.2, 0.25) is 0 Å². The predicted octanol–water partition coefficient (Wildman–Crippen LogP) is 1.77. The Morgan fingerprint density at radius 3 is 3.12 bits per heavy atom. The van der Waals surface area contributed by atoms with E-state index in [2.05, 4.69) is 29.9 Å². The van der Waals surface area contributed by atoms with Gasteiger partial charge in [-0.25, -0.2) is 19.3 Å². The summed E-state index contributed by atoms with van der Waals surface area (Å²) in [5.41, 5.74) is 1.94. The number of hydrogen-bond donors (Lipinski definition) is 2. The van der Waals surface area contributed by atoms with Crippen molar-refractivity contribution in [3.8, 4) is 0 Å². The second-order valence-corrected chi connectivity index (χ2v) is 6.52. The van der Waals surface area contributed by atoms with Crippen LogP contribution < -0.4 is 5.56 Å². The lowest BCUT2D eigenvalue weighted by Gasteiger charge is -2.22. The fraction of sp³-hybridized carbons (Fsp3) is 0.294. The number of hydrogen-bond acceptors (Lipinski definition) is 5. The third kappa shape index (κ3) is 2.48. The molecule has 1 atom stereocenters. The van der Waals surface area contributed by atoms with Crippen molar-refractivity contribution in [3.05, 3.63) is 58.3 Å². The number of imidazole rings is 1. The first-order chi connectivity index (χ1) is 12.7. The monoisotopic (exact) mass is 353 g/mol. The zero-order valence-corrected chi connectivity index (χ0v) is 13.8. The maximum absolute atomic E-state index is 13.4. The topological polar surface area (TPSA) is 95.0 Å². The Kier molecular flexibility index (Phi) is 3.35. The Bertz CT molecular complexity index is 1160. The summed E-state index contributed by atoms with van der Waals surface area (Å²) in [5.74, 6) is 0.899. The molecule has 1 aromatic carbocycles. The first-order valence-electron chi connectivity index (χ1n) is 8.49. The smallest absolute Gasteiger partial charge is 0.274 e. The van der Waals surface area contributed by atoms with Crippen LogP contribution in [-0.2, 0) is 6.54 Å². The number of aromatic amines is 2. The molecule has 0 amide bonds. The Balaban J connectivity index is 1.46. The fourth-order valence-electron chi connectivity index (χ4n) is 3.64. The summed E-state index contributed by atoms with van der Waals surface area (Å²) >= 11 is 0. The molecule has 0 spiro atoms. The van der Waals surface area contributed by atoms with E-state index in [1.165, 1.54) is 29.0 Å². The van der Waals surface area contributed by atoms with Gasteiger partial charge in [-0.2, -0.15) is 4.52 Å². The Hall–Kier alpha value is -3.07. The van der Waals surface area contributed by atoms with Crippen LogP contribution in [0.3, 0.4) is 0 Å². The minimum Gasteiger partial charge on any atom is -0.341 e. The van der Waals surface area contributed by atoms with Gasteiger partial charge in [0.1, 0.15) is 18.0 Å². The third-order valence-electron chi connectivity index (χ3n) is 4.83. The van der Waals surface area contributed by atoms with Crippen molar-refractivity contribution in [2.45, 2.75) is 25.4 Å². The first-order valence-corrected chi connectivity index (χ1v) is 8.49. The molecule has 1 aliphatic rings. The fourth-order valence-corrected chi connectivity index (χ4v) is 3.64. The number of rotatable bonds is 3. The molecule has 9 heteroatoms. The van der Waals surface area contributed by atoms with E-state index in [9.17, 15) is 9.18 Å². The average molecular weight is 353 g/mol. The quantitative estimate of drug-likeness (QED) is 0.585. The molecule has 0 aliphatic carbocycles. The molecule has 0 bridgehead atoms. The van der Waals surface area contributed by atoms with Gasteiger partial charge in [-0.1, -0.05) is 0 Å². The van der Waals surface area contributed by atoms with Crippen LogP contribution in [0.1, 0.15) is 30.4 Å². The van der Waals surface area contributed by atoms with E-state index in [0.29, 0.717) is 23.5 Å². The van der Waals surface area contributed by atoms with E-state index in [1.807, 2.05) is 0 Å². The summed E-state index contributed by atoms with van der Waals surface area (Å²) in [5, 5.41) is 2.73. The number of fused-ring (bicyclic) bond motifs is 2. The van der Waals surface area contributed by atoms with Crippen LogP contribution in [0.4, 0.5) is 4.39 Å². The number of nitrogens with one attached hydrogen (secondary N) is 2. The normalized spacial score (nSPS) is 18.3. The summed E-state index contributed by atoms with van der Waals surface area (Å²) in [7, 11) is 0. The Morgan fingerprint density at radius 1 is 1.27 bits per heavy atom. The summed E-state index contributed by atoms with van der Waals surface area (Å²) in [6.45, 7) is 1.42. The zero-order chi connectivity index (χ0) is 17.7. The SMILES string of the molecule is O=c1cc(CN2CCCC2c2nc3ccc(F)cc3[nH]2)nc2nc[nH]n12. The summed E-state index contributed by atoms with van der Waals surface area (Å²) in [6, 6.07) is 6.16. The van der Waals surface area contributed by atoms with Gasteiger partial charge in [0, 0.05) is 12.6 Å². The van der Waals surface area contributed by atoms with Crippen molar-refractivity contribution in [2.24, 2.45) is 0 Å². The maximum Gasteiger partial charge on any atom is 0.274 e. The molecule has 8 nitrogen and oxygen atoms in total. The molecule has 0 radical (unpaired) electrons. The highest BCUT2D eigenvalue weighted by Gasteiger charge is 2.29. The van der Waals surface area contributed by atoms with Crippen molar-refractivity contribution in [3.63, 3.8) is 0 Å². The van der Waals surface area contributed by atoms with Crippen molar-refractivity contribution >= 4 is 16.8 Å². The lowest BCUT2D eigenvalue weighted by molar-refractivity contribution is 0.238. The highest BCUT2D eigenvalue weighted by Crippen LogP contribution is 2.32. The van der Waals surface area contributed by atoms with Crippen LogP contribution in [-0.4, -0.2) is 41.0 Å². The number of likely N-dealkylation sites (tertiary alicyclic amines) is 1. The van der Waals surface area contributed by atoms with Crippen LogP contribution in [0.25, 0.3) is 16.8 Å². The lowest BCUT2D eigenvalue weighted by Crippen LogP contribution is -2.26. The minimum atomic E-state index is -0.284. The molecule has 4 heterocycles. The van der Waals surface area contributed by atoms with Gasteiger partial charge in [-0.3, -0.25) is 14.8 Å². The molecular formula is C17H16FN7O. The molecule has 2 N–H and O–H groups in total. The second-order valence-electron chi connectivity index (χ2n) is 6.52. The van der Waals surface area contributed by atoms with E-state index in [4.69, 9.17) is 0 Å². The molecule has 132 valence electrons. The van der Waals surface area contributed by atoms with Crippen LogP contribution in [0, 0.1) is 5.82 Å². The van der Waals surface area contributed by atoms with Crippen LogP contribution in [0.5, 0.6) is 0 Å². The van der Waals surface area contributed by atoms with E-state index in [1.54, 1.807) is 6.07 Å². The second kappa shape index (κ2) is 5.73. The molecule has 1 fully saturated rings. The van der Waals surface area contributed by atoms with Gasteiger partial charge in [-0.15, -0.1) is 0 Å². The molecule has 0 saturated carbocycles. The molecule has 1 saturated heterocycles. The van der Waals surface area contributed by atoms with Crippen molar-refractivity contribution in [1.82, 2.24) is 34.4 Å². The summed E-state index contributed by atoms with van der Waals surface area (Å²) in [6.07, 6.45) is 3.42. The van der Waals surface area contributed by atoms with E-state index < -0.39 is 0 Å². The van der Waals surface area contributed by atoms with Gasteiger partial charge in [0.25, 0.3) is 11.3 Å². The van der Waals surface area contributed by atoms with E-state index in [-0.39, 0.29) is 17.4 Å². The molecule has 1 aliphatic heterocycles. The highest BCUT2D eigenvalue weighted by atomic mass is 19.1. The maximum atomic E-state index is 13.4. The number of H-pyrrole nitrogens is 2. The molecule has 5 rings (SSSR count). The van der Waals surface area contributed by atoms with E-state index in [0.717, 1.165) is 30.7 Å². The largest absolute Gasteiger partial charge is 0.341 e. The number of benzene rings is 1. The van der Waals surface area contributed by atoms with E-state index >= 15 is 0 Å². The Morgan fingerprint density at radius 2 is 2.19 bits per heavy atom. The van der Waals surface area contributed by atoms with Gasteiger partial charge in [0.2, 0.25) is 0 Å². The minimum absolute atomic E-state index is 0.0879. The number of halogens is 1. The standard InChI is InChI=1S/C17H16FN7O/c18-10-3-4-12-13(6-10)23-16(22-12)14-2-1-5-24(14)8-11-7-15(26)25-17(21-11)19-9-20-25/h3-4,6-7,9,14H,1-2,5,8H2,(H,22,23)(H,19,20,21). The summed E-state index contributed by atoms with van der Waals surface area (Å²) < 4.78 is 14.7. The summed E-state index contributed by atoms with van der Waals surface area (Å²) in [4.78, 5) is 30.7. The van der Waals surface area contributed by atoms with Crippen molar-refractivity contribution in [2.75, 3.05) is 6.54 Å². The molecule has 3 aromatic heterocycles. The molecule has 26 heavy (non-hydrogen) atoms. The third-order valence-corrected chi connectivity index (χ3v) is 4.83. The molecular weight excluding hydrogens is 337 g/mol. The van der Waals surface area contributed by atoms with Crippen LogP contribution in [0.15, 0.2) is 35.4 Å². The first kappa shape index (κ1) is 15.2. The van der Waals surface area contributed by atoms with Crippen LogP contribution >= 0.6 is 0 Å². The molecule has 1 unspecified atom stereocenters. The van der Waals surface area contributed by atoms with Gasteiger partial charge in [-0.05, 0) is 37.6 Å². The average Bonchev–Trinajstić information content (AvgIpc) is 3.32. The van der Waals surface area contributed by atoms with Crippen molar-refractivity contribution < 1.29 is 4.39 Å². The Labute approximate surface area is 146 Å². The van der Waals surface area contributed by atoms with Crippen molar-refractivity contribution in [1.29, 1.82) is 0 Å². The van der Waals surface area contributed by atoms with Gasteiger partial charge in [0.15, 0.2) is 0 Å². The number of nitrogens with zero attached hydrogens (tertiary/aromatic N) is 5. The highest BCUT2D eigenvalue weighted by molar-refractivity contribution is 5.75. The number of aromatic nitrogens is 6. The lowest BCUT2D eigenvalue weighted by atomic mass is 10.2. The van der Waals surface area contributed by atoms with Gasteiger partial charge >= 0.3 is 0 Å². The zero-order valence-electron chi connectivity index (χ0n) is 13.8. The van der Waals surface area contributed by atoms with Gasteiger partial charge in [0.05, 0.1) is 22.8 Å². The predicted molar refractivity (Wildman–Crippen MR) is 92.0 cm³/mol. The molecule has 4 aromatic rings.